The zero-order valence-corrected chi connectivity index (χ0v) is 23.7. The fourth-order valence-electron chi connectivity index (χ4n) is 3.79. The van der Waals surface area contributed by atoms with Crippen LogP contribution in [-0.2, 0) is 38.1 Å². The average molecular weight is 646 g/mol. The zero-order valence-electron chi connectivity index (χ0n) is 21.5. The Labute approximate surface area is 240 Å². The van der Waals surface area contributed by atoms with Gasteiger partial charge in [-0.15, -0.1) is 0 Å². The molecule has 13 heteroatoms. The number of carbonyl (C=O) groups excluding carboxylic acids is 4. The van der Waals surface area contributed by atoms with E-state index in [0.717, 1.165) is 0 Å². The number of ether oxygens (including phenoxy) is 4. The Morgan fingerprint density at radius 3 is 1.17 bits per heavy atom. The molecule has 35 heavy (non-hydrogen) atoms. The fraction of sp³-hybridized carbons (Fsp3) is 0.818. The van der Waals surface area contributed by atoms with Gasteiger partial charge in [0.05, 0.1) is 48.1 Å². The van der Waals surface area contributed by atoms with E-state index in [1.54, 1.807) is 0 Å². The van der Waals surface area contributed by atoms with Gasteiger partial charge in [0.2, 0.25) is 0 Å². The molecule has 1 heterocycles. The first-order valence-corrected chi connectivity index (χ1v) is 11.5. The summed E-state index contributed by atoms with van der Waals surface area (Å²) >= 11 is 0. The molecule has 1 atom stereocenters. The molecule has 0 aromatic heterocycles. The second-order valence-electron chi connectivity index (χ2n) is 8.04. The molecular formula is C22H40GdN4O8. The van der Waals surface area contributed by atoms with Gasteiger partial charge in [-0.25, -0.2) is 0 Å². The Balaban J connectivity index is 0.0000116. The Hall–Kier alpha value is -0.955. The molecule has 1 unspecified atom stereocenters. The summed E-state index contributed by atoms with van der Waals surface area (Å²) in [5.74, 6) is -1.40. The van der Waals surface area contributed by atoms with Crippen LogP contribution < -0.4 is 0 Å². The minimum atomic E-state index is -0.441. The third kappa shape index (κ3) is 13.2. The summed E-state index contributed by atoms with van der Waals surface area (Å²) in [6.07, 6.45) is 0.563. The van der Waals surface area contributed by atoms with Crippen LogP contribution in [0.3, 0.4) is 0 Å². The van der Waals surface area contributed by atoms with Crippen LogP contribution in [0, 0.1) is 39.9 Å². The van der Waals surface area contributed by atoms with Crippen LogP contribution in [0.2, 0.25) is 0 Å². The predicted molar refractivity (Wildman–Crippen MR) is 123 cm³/mol. The van der Waals surface area contributed by atoms with E-state index in [-0.39, 0.29) is 83.5 Å². The third-order valence-electron chi connectivity index (χ3n) is 5.91. The summed E-state index contributed by atoms with van der Waals surface area (Å²) in [4.78, 5) is 56.1. The number of hydrogen-bond donors (Lipinski definition) is 0. The van der Waals surface area contributed by atoms with Gasteiger partial charge < -0.3 is 18.9 Å². The van der Waals surface area contributed by atoms with E-state index in [9.17, 15) is 19.2 Å². The van der Waals surface area contributed by atoms with Crippen LogP contribution in [0.4, 0.5) is 0 Å². The normalized spacial score (nSPS) is 18.2. The van der Waals surface area contributed by atoms with Crippen LogP contribution in [0.1, 0.15) is 13.3 Å². The van der Waals surface area contributed by atoms with Gasteiger partial charge in [0, 0.05) is 92.3 Å². The second kappa shape index (κ2) is 19.2. The average Bonchev–Trinajstić information content (AvgIpc) is 2.84. The Kier molecular flexibility index (Phi) is 18.7. The largest absolute Gasteiger partial charge is 0.468 e. The van der Waals surface area contributed by atoms with Crippen molar-refractivity contribution < 1.29 is 78.1 Å². The third-order valence-corrected chi connectivity index (χ3v) is 5.91. The monoisotopic (exact) mass is 646 g/mol. The van der Waals surface area contributed by atoms with Gasteiger partial charge in [-0.2, -0.15) is 0 Å². The van der Waals surface area contributed by atoms with Crippen molar-refractivity contribution in [3.63, 3.8) is 0 Å². The first-order chi connectivity index (χ1) is 16.3. The predicted octanol–water partition coefficient (Wildman–Crippen LogP) is -1.32. The van der Waals surface area contributed by atoms with Crippen molar-refractivity contribution >= 4 is 23.9 Å². The molecule has 0 bridgehead atoms. The maximum absolute atomic E-state index is 12.4. The molecule has 0 N–H and O–H groups in total. The molecule has 0 aromatic rings. The molecule has 0 spiro atoms. The molecule has 12 nitrogen and oxygen atoms in total. The molecular weight excluding hydrogens is 606 g/mol. The SMILES string of the molecule is CCC(C(=O)OC)N1CCN(CC(=O)OC)CCN(CC(=O)OC)CCN(CC(=O)OC)CC1.[Gd]. The van der Waals surface area contributed by atoms with E-state index < -0.39 is 6.04 Å². The van der Waals surface area contributed by atoms with Gasteiger partial charge in [-0.3, -0.25) is 38.8 Å². The first kappa shape index (κ1) is 34.0. The molecule has 0 amide bonds. The molecule has 0 radical (unpaired) electrons. The topological polar surface area (TPSA) is 118 Å². The van der Waals surface area contributed by atoms with E-state index in [4.69, 9.17) is 18.9 Å². The Morgan fingerprint density at radius 1 is 0.600 bits per heavy atom. The Bertz CT molecular complexity index is 635. The first-order valence-electron chi connectivity index (χ1n) is 11.5. The van der Waals surface area contributed by atoms with Gasteiger partial charge in [-0.1, -0.05) is 6.92 Å². The van der Waals surface area contributed by atoms with Crippen molar-refractivity contribution in [2.75, 3.05) is 100 Å². The van der Waals surface area contributed by atoms with Gasteiger partial charge in [0.15, 0.2) is 0 Å². The molecule has 204 valence electrons. The van der Waals surface area contributed by atoms with Gasteiger partial charge in [0.25, 0.3) is 0 Å². The summed E-state index contributed by atoms with van der Waals surface area (Å²) in [5, 5.41) is 0. The fourth-order valence-corrected chi connectivity index (χ4v) is 3.79. The molecule has 1 aliphatic rings. The van der Waals surface area contributed by atoms with Crippen LogP contribution in [0.25, 0.3) is 0 Å². The van der Waals surface area contributed by atoms with E-state index in [2.05, 4.69) is 0 Å². The molecule has 1 saturated heterocycles. The summed E-state index contributed by atoms with van der Waals surface area (Å²) in [6.45, 7) is 6.26. The van der Waals surface area contributed by atoms with Gasteiger partial charge in [-0.05, 0) is 6.42 Å². The van der Waals surface area contributed by atoms with Gasteiger partial charge >= 0.3 is 23.9 Å². The van der Waals surface area contributed by atoms with Crippen molar-refractivity contribution in [3.05, 3.63) is 0 Å². The van der Waals surface area contributed by atoms with Crippen molar-refractivity contribution in [1.82, 2.24) is 19.6 Å². The zero-order chi connectivity index (χ0) is 25.5. The van der Waals surface area contributed by atoms with Crippen LogP contribution in [0.5, 0.6) is 0 Å². The Morgan fingerprint density at radius 2 is 0.914 bits per heavy atom. The maximum atomic E-state index is 12.4. The van der Waals surface area contributed by atoms with E-state index in [0.29, 0.717) is 58.8 Å². The number of nitrogens with zero attached hydrogens (tertiary/aromatic N) is 4. The minimum absolute atomic E-state index is 0. The number of carbonyl (C=O) groups is 4. The summed E-state index contributed by atoms with van der Waals surface area (Å²) in [5.41, 5.74) is 0. The quantitative estimate of drug-likeness (QED) is 0.219. The molecule has 1 fully saturated rings. The smallest absolute Gasteiger partial charge is 0.323 e. The van der Waals surface area contributed by atoms with Gasteiger partial charge in [0.1, 0.15) is 6.04 Å². The van der Waals surface area contributed by atoms with Crippen molar-refractivity contribution in [3.8, 4) is 0 Å². The minimum Gasteiger partial charge on any atom is -0.468 e. The van der Waals surface area contributed by atoms with Crippen LogP contribution in [-0.4, -0.2) is 150 Å². The standard InChI is InChI=1S/C22H40N4O8.Gd/c1-6-18(22(30)34-5)26-13-11-24(16-20(28)32-3)9-7-23(15-19(27)31-2)8-10-25(12-14-26)17-21(29)33-4;/h18H,6-17H2,1-5H3;. The van der Waals surface area contributed by atoms with Crippen LogP contribution >= 0.6 is 0 Å². The molecule has 0 aromatic carbocycles. The molecule has 0 aliphatic carbocycles. The molecule has 1 aliphatic heterocycles. The number of methoxy groups -OCH3 is 4. The number of hydrogen-bond acceptors (Lipinski definition) is 12. The maximum Gasteiger partial charge on any atom is 0.323 e. The van der Waals surface area contributed by atoms with E-state index in [1.807, 2.05) is 26.5 Å². The van der Waals surface area contributed by atoms with Crippen molar-refractivity contribution in [2.45, 2.75) is 19.4 Å². The summed E-state index contributed by atoms with van der Waals surface area (Å²) in [6, 6.07) is -0.441. The summed E-state index contributed by atoms with van der Waals surface area (Å²) < 4.78 is 19.5. The van der Waals surface area contributed by atoms with Crippen molar-refractivity contribution in [2.24, 2.45) is 0 Å². The second-order valence-corrected chi connectivity index (χ2v) is 8.04. The number of rotatable bonds is 9. The van der Waals surface area contributed by atoms with E-state index in [1.165, 1.54) is 28.4 Å². The van der Waals surface area contributed by atoms with Crippen LogP contribution in [0.15, 0.2) is 0 Å². The molecule has 0 saturated carbocycles. The number of esters is 4. The van der Waals surface area contributed by atoms with E-state index >= 15 is 0 Å². The summed E-state index contributed by atoms with van der Waals surface area (Å²) in [7, 11) is 5.39. The van der Waals surface area contributed by atoms with Crippen molar-refractivity contribution in [1.29, 1.82) is 0 Å². The molecule has 1 rings (SSSR count).